The number of hydrogen-bond acceptors (Lipinski definition) is 5. The van der Waals surface area contributed by atoms with Crippen molar-refractivity contribution in [2.45, 2.75) is 4.90 Å². The van der Waals surface area contributed by atoms with Crippen LogP contribution < -0.4 is 9.46 Å². The molecule has 0 fully saturated rings. The first-order valence-corrected chi connectivity index (χ1v) is 8.25. The summed E-state index contributed by atoms with van der Waals surface area (Å²) in [6.45, 7) is 0. The van der Waals surface area contributed by atoms with Gasteiger partial charge in [-0.1, -0.05) is 0 Å². The molecule has 10 heteroatoms. The highest BCUT2D eigenvalue weighted by molar-refractivity contribution is 9.10. The second-order valence-corrected chi connectivity index (χ2v) is 6.74. The zero-order chi connectivity index (χ0) is 18.1. The highest BCUT2D eigenvalue weighted by Crippen LogP contribution is 2.31. The Morgan fingerprint density at radius 3 is 2.70 bits per heavy atom. The predicted molar refractivity (Wildman–Crippen MR) is 84.6 cm³/mol. The average Bonchev–Trinajstić information content (AvgIpc) is 2.51. The molecule has 0 atom stereocenters. The molecule has 1 N–H and O–H groups in total. The molecular formula is C13H10BrFN2O5S. The minimum atomic E-state index is -4.36. The van der Waals surface area contributed by atoms with Gasteiger partial charge in [0.15, 0.2) is 0 Å². The summed E-state index contributed by atoms with van der Waals surface area (Å²) in [5.74, 6) is -1.00. The Hall–Kier alpha value is -2.20. The number of methoxy groups -OCH3 is 1. The number of hydrogen-bond donors (Lipinski definition) is 1. The molecule has 2 rings (SSSR count). The van der Waals surface area contributed by atoms with Crippen LogP contribution in [0.25, 0.3) is 0 Å². The lowest BCUT2D eigenvalue weighted by Crippen LogP contribution is -2.14. The Morgan fingerprint density at radius 2 is 2.09 bits per heavy atom. The van der Waals surface area contributed by atoms with Crippen molar-refractivity contribution in [3.63, 3.8) is 0 Å². The molecule has 0 saturated heterocycles. The topological polar surface area (TPSA) is 98.5 Å². The first-order valence-electron chi connectivity index (χ1n) is 6.47. The van der Waals surface area contributed by atoms with E-state index in [1.165, 1.54) is 13.2 Å². The maximum atomic E-state index is 13.7. The molecule has 2 aromatic carbocycles. The van der Waals surface area contributed by atoms with Gasteiger partial charge in [0.1, 0.15) is 11.6 Å². The van der Waals surface area contributed by atoms with Crippen LogP contribution in [-0.2, 0) is 10.0 Å². The molecule has 0 amide bonds. The van der Waals surface area contributed by atoms with Gasteiger partial charge in [0.25, 0.3) is 15.7 Å². The number of nitrogens with zero attached hydrogens (tertiary/aromatic N) is 1. The standard InChI is InChI=1S/C13H10BrFN2O5S/c1-22-13-5-2-8(17(18)19)6-12(13)16-23(20,21)9-3-4-10(14)11(15)7-9/h2-7,16H,1H3/i7D. The van der Waals surface area contributed by atoms with E-state index in [2.05, 4.69) is 20.7 Å². The number of nitrogens with one attached hydrogen (secondary N) is 1. The van der Waals surface area contributed by atoms with Crippen molar-refractivity contribution >= 4 is 37.3 Å². The van der Waals surface area contributed by atoms with Crippen molar-refractivity contribution in [2.75, 3.05) is 11.8 Å². The van der Waals surface area contributed by atoms with Gasteiger partial charge in [-0.15, -0.1) is 0 Å². The molecule has 0 aliphatic carbocycles. The molecular weight excluding hydrogens is 395 g/mol. The minimum Gasteiger partial charge on any atom is -0.495 e. The molecule has 0 spiro atoms. The van der Waals surface area contributed by atoms with Crippen LogP contribution in [0.5, 0.6) is 5.75 Å². The summed E-state index contributed by atoms with van der Waals surface area (Å²) in [4.78, 5) is 9.51. The summed E-state index contributed by atoms with van der Waals surface area (Å²) in [6.07, 6.45) is 0. The van der Waals surface area contributed by atoms with E-state index in [-0.39, 0.29) is 21.6 Å². The van der Waals surface area contributed by atoms with Gasteiger partial charge in [-0.2, -0.15) is 0 Å². The van der Waals surface area contributed by atoms with Gasteiger partial charge < -0.3 is 4.74 Å². The van der Waals surface area contributed by atoms with E-state index >= 15 is 0 Å². The molecule has 0 saturated carbocycles. The number of non-ortho nitro benzene ring substituents is 1. The monoisotopic (exact) mass is 405 g/mol. The highest BCUT2D eigenvalue weighted by atomic mass is 79.9. The summed E-state index contributed by atoms with van der Waals surface area (Å²) < 4.78 is 53.1. The third kappa shape index (κ3) is 3.77. The number of benzene rings is 2. The van der Waals surface area contributed by atoms with Crippen molar-refractivity contribution in [1.82, 2.24) is 0 Å². The normalized spacial score (nSPS) is 11.7. The van der Waals surface area contributed by atoms with Gasteiger partial charge in [0.05, 0.1) is 28.5 Å². The lowest BCUT2D eigenvalue weighted by molar-refractivity contribution is -0.384. The largest absolute Gasteiger partial charge is 0.495 e. The first-order chi connectivity index (χ1) is 11.2. The molecule has 0 heterocycles. The molecule has 0 aliphatic rings. The van der Waals surface area contributed by atoms with Crippen LogP contribution in [0.15, 0.2) is 45.7 Å². The maximum Gasteiger partial charge on any atom is 0.271 e. The van der Waals surface area contributed by atoms with Gasteiger partial charge in [-0.05, 0) is 40.2 Å². The van der Waals surface area contributed by atoms with E-state index in [4.69, 9.17) is 6.11 Å². The fourth-order valence-electron chi connectivity index (χ4n) is 1.68. The van der Waals surface area contributed by atoms with Crippen LogP contribution in [0.4, 0.5) is 15.8 Å². The third-order valence-corrected chi connectivity index (χ3v) is 4.67. The van der Waals surface area contributed by atoms with Gasteiger partial charge in [0.2, 0.25) is 0 Å². The molecule has 0 bridgehead atoms. The van der Waals surface area contributed by atoms with E-state index in [1.807, 2.05) is 0 Å². The van der Waals surface area contributed by atoms with Gasteiger partial charge in [0, 0.05) is 12.1 Å². The van der Waals surface area contributed by atoms with Crippen molar-refractivity contribution in [3.05, 3.63) is 56.8 Å². The van der Waals surface area contributed by atoms with Crippen molar-refractivity contribution in [3.8, 4) is 5.75 Å². The van der Waals surface area contributed by atoms with Gasteiger partial charge in [-0.3, -0.25) is 14.8 Å². The number of nitro groups is 1. The van der Waals surface area contributed by atoms with Gasteiger partial charge >= 0.3 is 0 Å². The minimum absolute atomic E-state index is 0.0355. The second-order valence-electron chi connectivity index (χ2n) is 4.23. The third-order valence-electron chi connectivity index (χ3n) is 2.75. The zero-order valence-electron chi connectivity index (χ0n) is 12.5. The fourth-order valence-corrected chi connectivity index (χ4v) is 2.94. The molecule has 0 unspecified atom stereocenters. The van der Waals surface area contributed by atoms with Crippen LogP contribution >= 0.6 is 15.9 Å². The van der Waals surface area contributed by atoms with Gasteiger partial charge in [-0.25, -0.2) is 12.8 Å². The molecule has 0 aromatic heterocycles. The number of halogens is 2. The first kappa shape index (κ1) is 15.7. The van der Waals surface area contributed by atoms with Crippen LogP contribution in [0.3, 0.4) is 0 Å². The summed E-state index contributed by atoms with van der Waals surface area (Å²) in [6, 6.07) is 4.69. The number of sulfonamides is 1. The second kappa shape index (κ2) is 6.50. The number of anilines is 1. The van der Waals surface area contributed by atoms with Crippen LogP contribution in [0.2, 0.25) is 0 Å². The lowest BCUT2D eigenvalue weighted by Gasteiger charge is -2.12. The van der Waals surface area contributed by atoms with E-state index in [0.29, 0.717) is 0 Å². The molecule has 122 valence electrons. The van der Waals surface area contributed by atoms with Crippen LogP contribution in [0, 0.1) is 15.9 Å². The van der Waals surface area contributed by atoms with E-state index in [9.17, 15) is 22.9 Å². The quantitative estimate of drug-likeness (QED) is 0.607. The summed E-state index contributed by atoms with van der Waals surface area (Å²) in [7, 11) is -3.10. The predicted octanol–water partition coefficient (Wildman–Crippen LogP) is 3.31. The Balaban J connectivity index is 2.52. The zero-order valence-corrected chi connectivity index (χ0v) is 13.9. The Labute approximate surface area is 140 Å². The van der Waals surface area contributed by atoms with Crippen molar-refractivity contribution < 1.29 is 23.8 Å². The van der Waals surface area contributed by atoms with E-state index in [0.717, 1.165) is 24.3 Å². The lowest BCUT2D eigenvalue weighted by atomic mass is 10.2. The highest BCUT2D eigenvalue weighted by Gasteiger charge is 2.20. The number of ether oxygens (including phenoxy) is 1. The summed E-state index contributed by atoms with van der Waals surface area (Å²) in [5, 5.41) is 10.8. The summed E-state index contributed by atoms with van der Waals surface area (Å²) >= 11 is 2.86. The van der Waals surface area contributed by atoms with E-state index in [1.54, 1.807) is 0 Å². The smallest absolute Gasteiger partial charge is 0.271 e. The number of rotatable bonds is 5. The summed E-state index contributed by atoms with van der Waals surface area (Å²) in [5.41, 5.74) is -0.559. The van der Waals surface area contributed by atoms with Crippen molar-refractivity contribution in [2.24, 2.45) is 0 Å². The molecule has 23 heavy (non-hydrogen) atoms. The van der Waals surface area contributed by atoms with Crippen molar-refractivity contribution in [1.29, 1.82) is 0 Å². The average molecular weight is 406 g/mol. The van der Waals surface area contributed by atoms with Crippen LogP contribution in [0.1, 0.15) is 1.37 Å². The molecule has 0 radical (unpaired) electrons. The Bertz CT molecular complexity index is 923. The maximum absolute atomic E-state index is 13.7. The SMILES string of the molecule is [2H]c1c(S(=O)(=O)Nc2cc([N+](=O)[O-])ccc2OC)ccc(Br)c1F. The molecule has 7 nitrogen and oxygen atoms in total. The Kier molecular flexibility index (Phi) is 4.44. The molecule has 0 aliphatic heterocycles. The van der Waals surface area contributed by atoms with E-state index < -0.39 is 31.7 Å². The fraction of sp³-hybridized carbons (Fsp3) is 0.0769. The van der Waals surface area contributed by atoms with Crippen LogP contribution in [-0.4, -0.2) is 20.5 Å². The number of nitro benzene ring substituents is 1. The Morgan fingerprint density at radius 1 is 1.39 bits per heavy atom. The molecule has 2 aromatic rings.